The Balaban J connectivity index is 2.02. The van der Waals surface area contributed by atoms with Gasteiger partial charge in [0.15, 0.2) is 11.3 Å². The molecule has 4 rings (SSSR count). The zero-order valence-corrected chi connectivity index (χ0v) is 22.1. The SMILES string of the molecule is Cc1ccc(C(C)(C)C)cc1P(=O)(Oc1ccnc2n[nH]nc12)c1cc(C(C)(C)C)ccc1C. The van der Waals surface area contributed by atoms with Gasteiger partial charge in [0.05, 0.1) is 10.6 Å². The fourth-order valence-corrected chi connectivity index (χ4v) is 6.54. The van der Waals surface area contributed by atoms with Gasteiger partial charge in [-0.3, -0.25) is 4.57 Å². The van der Waals surface area contributed by atoms with Gasteiger partial charge in [0.2, 0.25) is 5.65 Å². The third kappa shape index (κ3) is 4.39. The lowest BCUT2D eigenvalue weighted by molar-refractivity contribution is 0.504. The Bertz CT molecular complexity index is 1340. The fraction of sp³-hybridized carbons (Fsp3) is 0.370. The number of fused-ring (bicyclic) bond motifs is 1. The highest BCUT2D eigenvalue weighted by Gasteiger charge is 2.36. The van der Waals surface area contributed by atoms with E-state index in [9.17, 15) is 0 Å². The summed E-state index contributed by atoms with van der Waals surface area (Å²) >= 11 is 0. The molecule has 0 unspecified atom stereocenters. The van der Waals surface area contributed by atoms with Crippen LogP contribution in [0.5, 0.6) is 5.75 Å². The highest BCUT2D eigenvalue weighted by molar-refractivity contribution is 7.74. The molecule has 4 aromatic rings. The van der Waals surface area contributed by atoms with Crippen molar-refractivity contribution in [2.75, 3.05) is 0 Å². The lowest BCUT2D eigenvalue weighted by Gasteiger charge is -2.28. The first-order valence-electron chi connectivity index (χ1n) is 11.5. The van der Waals surface area contributed by atoms with Crippen LogP contribution in [0.25, 0.3) is 11.2 Å². The van der Waals surface area contributed by atoms with Gasteiger partial charge < -0.3 is 4.52 Å². The van der Waals surface area contributed by atoms with E-state index in [1.165, 1.54) is 0 Å². The third-order valence-corrected chi connectivity index (χ3v) is 8.88. The Kier molecular flexibility index (Phi) is 5.93. The monoisotopic (exact) mass is 476 g/mol. The molecule has 2 aromatic carbocycles. The Labute approximate surface area is 201 Å². The molecule has 0 spiro atoms. The van der Waals surface area contributed by atoms with Crippen LogP contribution in [0, 0.1) is 13.8 Å². The van der Waals surface area contributed by atoms with E-state index in [4.69, 9.17) is 4.52 Å². The van der Waals surface area contributed by atoms with E-state index >= 15 is 4.57 Å². The van der Waals surface area contributed by atoms with E-state index < -0.39 is 7.37 Å². The van der Waals surface area contributed by atoms with Gasteiger partial charge in [0.1, 0.15) is 0 Å². The van der Waals surface area contributed by atoms with E-state index in [1.807, 2.05) is 38.1 Å². The number of aromatic nitrogens is 4. The van der Waals surface area contributed by atoms with Crippen LogP contribution in [-0.4, -0.2) is 20.4 Å². The molecule has 34 heavy (non-hydrogen) atoms. The Morgan fingerprint density at radius 1 is 0.794 bits per heavy atom. The van der Waals surface area contributed by atoms with Gasteiger partial charge in [0.25, 0.3) is 0 Å². The minimum absolute atomic E-state index is 0.106. The van der Waals surface area contributed by atoms with Crippen LogP contribution in [0.2, 0.25) is 0 Å². The van der Waals surface area contributed by atoms with Gasteiger partial charge in [-0.25, -0.2) is 4.98 Å². The molecule has 0 fully saturated rings. The summed E-state index contributed by atoms with van der Waals surface area (Å²) in [6, 6.07) is 14.1. The Morgan fingerprint density at radius 2 is 1.32 bits per heavy atom. The lowest BCUT2D eigenvalue weighted by atomic mass is 9.87. The van der Waals surface area contributed by atoms with Crippen molar-refractivity contribution >= 4 is 29.1 Å². The number of nitrogens with one attached hydrogen (secondary N) is 1. The van der Waals surface area contributed by atoms with Gasteiger partial charge in [-0.1, -0.05) is 65.8 Å². The van der Waals surface area contributed by atoms with Crippen molar-refractivity contribution in [1.82, 2.24) is 20.4 Å². The molecule has 0 saturated heterocycles. The predicted octanol–water partition coefficient (Wildman–Crippen LogP) is 5.87. The zero-order valence-electron chi connectivity index (χ0n) is 21.2. The van der Waals surface area contributed by atoms with Crippen molar-refractivity contribution in [3.63, 3.8) is 0 Å². The van der Waals surface area contributed by atoms with E-state index in [1.54, 1.807) is 12.3 Å². The molecule has 178 valence electrons. The Hall–Kier alpha value is -2.98. The molecule has 0 amide bonds. The smallest absolute Gasteiger partial charge is 0.307 e. The van der Waals surface area contributed by atoms with Crippen molar-refractivity contribution in [3.05, 3.63) is 70.9 Å². The van der Waals surface area contributed by atoms with Crippen LogP contribution in [0.4, 0.5) is 0 Å². The van der Waals surface area contributed by atoms with E-state index in [0.717, 1.165) is 22.3 Å². The second kappa shape index (κ2) is 8.35. The molecule has 6 nitrogen and oxygen atoms in total. The van der Waals surface area contributed by atoms with Crippen LogP contribution in [0.15, 0.2) is 48.7 Å². The average molecular weight is 477 g/mol. The first-order valence-corrected chi connectivity index (χ1v) is 13.1. The average Bonchev–Trinajstić information content (AvgIpc) is 3.22. The topological polar surface area (TPSA) is 80.8 Å². The van der Waals surface area contributed by atoms with Crippen molar-refractivity contribution in [3.8, 4) is 5.75 Å². The molecule has 0 aliphatic heterocycles. The number of pyridine rings is 1. The first kappa shape index (κ1) is 24.2. The largest absolute Gasteiger partial charge is 0.434 e. The molecule has 0 radical (unpaired) electrons. The summed E-state index contributed by atoms with van der Waals surface area (Å²) in [5.74, 6) is 0.392. The second-order valence-corrected chi connectivity index (χ2v) is 13.2. The number of hydrogen-bond acceptors (Lipinski definition) is 5. The van der Waals surface area contributed by atoms with Gasteiger partial charge in [-0.15, -0.1) is 5.10 Å². The molecular formula is C27H33N4O2P. The second-order valence-electron chi connectivity index (χ2n) is 11.0. The predicted molar refractivity (Wildman–Crippen MR) is 139 cm³/mol. The molecule has 1 N–H and O–H groups in total. The summed E-state index contributed by atoms with van der Waals surface area (Å²) in [4.78, 5) is 4.23. The number of H-pyrrole nitrogens is 1. The summed E-state index contributed by atoms with van der Waals surface area (Å²) in [6.07, 6.45) is 1.60. The highest BCUT2D eigenvalue weighted by Crippen LogP contribution is 2.49. The lowest BCUT2D eigenvalue weighted by Crippen LogP contribution is -2.27. The molecule has 0 saturated carbocycles. The summed E-state index contributed by atoms with van der Waals surface area (Å²) in [6.45, 7) is 16.9. The van der Waals surface area contributed by atoms with Crippen molar-refractivity contribution in [2.24, 2.45) is 0 Å². The molecule has 0 bridgehead atoms. The standard InChI is InChI=1S/C27H33N4O2P/c1-17-9-11-19(26(3,4)5)15-22(17)34(32,23-16-20(27(6,7)8)12-10-18(23)2)33-21-13-14-28-25-24(21)29-31-30-25/h9-16H,1-8H3,(H,28,29,30,31). The normalized spacial score (nSPS) is 12.8. The van der Waals surface area contributed by atoms with Gasteiger partial charge in [-0.2, -0.15) is 10.3 Å². The van der Waals surface area contributed by atoms with Crippen LogP contribution in [0.1, 0.15) is 63.8 Å². The number of hydrogen-bond donors (Lipinski definition) is 1. The maximum Gasteiger partial charge on any atom is 0.307 e. The number of aryl methyl sites for hydroxylation is 2. The summed E-state index contributed by atoms with van der Waals surface area (Å²) < 4.78 is 21.8. The number of nitrogens with zero attached hydrogens (tertiary/aromatic N) is 3. The van der Waals surface area contributed by atoms with Crippen molar-refractivity contribution in [2.45, 2.75) is 66.2 Å². The summed E-state index contributed by atoms with van der Waals surface area (Å²) in [5, 5.41) is 12.3. The van der Waals surface area contributed by atoms with Crippen LogP contribution < -0.4 is 15.1 Å². The minimum atomic E-state index is -3.60. The number of aromatic amines is 1. The van der Waals surface area contributed by atoms with E-state index in [-0.39, 0.29) is 10.8 Å². The van der Waals surface area contributed by atoms with Crippen molar-refractivity contribution < 1.29 is 9.09 Å². The summed E-state index contributed by atoms with van der Waals surface area (Å²) in [7, 11) is -3.60. The Morgan fingerprint density at radius 3 is 1.82 bits per heavy atom. The van der Waals surface area contributed by atoms with Crippen LogP contribution in [-0.2, 0) is 15.4 Å². The van der Waals surface area contributed by atoms with E-state index in [2.05, 4.69) is 74.1 Å². The van der Waals surface area contributed by atoms with Gasteiger partial charge >= 0.3 is 7.37 Å². The highest BCUT2D eigenvalue weighted by atomic mass is 31.2. The number of rotatable bonds is 4. The first-order chi connectivity index (χ1) is 15.8. The maximum atomic E-state index is 15.3. The molecular weight excluding hydrogens is 443 g/mol. The molecule has 0 aliphatic rings. The molecule has 0 aliphatic carbocycles. The zero-order chi connectivity index (χ0) is 24.9. The fourth-order valence-electron chi connectivity index (χ4n) is 3.96. The van der Waals surface area contributed by atoms with Crippen LogP contribution >= 0.6 is 7.37 Å². The van der Waals surface area contributed by atoms with Crippen LogP contribution in [0.3, 0.4) is 0 Å². The minimum Gasteiger partial charge on any atom is -0.434 e. The van der Waals surface area contributed by atoms with Gasteiger partial charge in [0, 0.05) is 12.3 Å². The number of benzene rings is 2. The third-order valence-electron chi connectivity index (χ3n) is 6.20. The van der Waals surface area contributed by atoms with Crippen molar-refractivity contribution in [1.29, 1.82) is 0 Å². The maximum absolute atomic E-state index is 15.3. The molecule has 0 atom stereocenters. The van der Waals surface area contributed by atoms with E-state index in [0.29, 0.717) is 27.5 Å². The van der Waals surface area contributed by atoms with Gasteiger partial charge in [-0.05, 0) is 59.1 Å². The summed E-state index contributed by atoms with van der Waals surface area (Å²) in [5.41, 5.74) is 4.70. The quantitative estimate of drug-likeness (QED) is 0.373. The molecule has 2 aromatic heterocycles. The molecule has 7 heteroatoms. The molecule has 2 heterocycles.